The summed E-state index contributed by atoms with van der Waals surface area (Å²) in [4.78, 5) is 14.4. The molecule has 0 aliphatic heterocycles. The van der Waals surface area contributed by atoms with Gasteiger partial charge in [0.2, 0.25) is 15.9 Å². The molecule has 25 heavy (non-hydrogen) atoms. The minimum atomic E-state index is -3.99. The number of hydrogen-bond donors (Lipinski definition) is 2. The fourth-order valence-electron chi connectivity index (χ4n) is 3.21. The van der Waals surface area contributed by atoms with Gasteiger partial charge in [0.05, 0.1) is 4.90 Å². The highest BCUT2D eigenvalue weighted by molar-refractivity contribution is 7.89. The number of sulfonamides is 1. The third kappa shape index (κ3) is 4.77. The highest BCUT2D eigenvalue weighted by atomic mass is 32.2. The van der Waals surface area contributed by atoms with Crippen molar-refractivity contribution in [2.45, 2.75) is 42.5 Å². The van der Waals surface area contributed by atoms with Crippen LogP contribution in [-0.4, -0.2) is 51.9 Å². The van der Waals surface area contributed by atoms with Crippen LogP contribution in [0.4, 0.5) is 4.39 Å². The number of hydrogen-bond acceptors (Lipinski definition) is 4. The number of rotatable bonds is 7. The fraction of sp³-hybridized carbons (Fsp3) is 0.588. The number of amides is 1. The molecule has 0 atom stereocenters. The Balaban J connectivity index is 2.29. The highest BCUT2D eigenvalue weighted by Crippen LogP contribution is 2.31. The van der Waals surface area contributed by atoms with Gasteiger partial charge in [-0.1, -0.05) is 25.3 Å². The first-order valence-corrected chi connectivity index (χ1v) is 9.99. The summed E-state index contributed by atoms with van der Waals surface area (Å²) < 4.78 is 41.5. The average molecular weight is 371 g/mol. The number of nitrogens with one attached hydrogen (secondary N) is 2. The Morgan fingerprint density at radius 3 is 2.56 bits per heavy atom. The van der Waals surface area contributed by atoms with E-state index >= 15 is 0 Å². The van der Waals surface area contributed by atoms with Crippen molar-refractivity contribution in [2.75, 3.05) is 27.2 Å². The van der Waals surface area contributed by atoms with Crippen LogP contribution < -0.4 is 10.0 Å². The zero-order valence-electron chi connectivity index (χ0n) is 14.7. The number of carbonyl (C=O) groups excluding carboxylic acids is 1. The van der Waals surface area contributed by atoms with Crippen LogP contribution in [-0.2, 0) is 14.8 Å². The second-order valence-corrected chi connectivity index (χ2v) is 8.22. The number of halogens is 1. The summed E-state index contributed by atoms with van der Waals surface area (Å²) in [5, 5.41) is 2.98. The molecule has 1 aromatic rings. The maximum atomic E-state index is 13.4. The van der Waals surface area contributed by atoms with Gasteiger partial charge in [0, 0.05) is 20.1 Å². The molecule has 2 N–H and O–H groups in total. The van der Waals surface area contributed by atoms with Gasteiger partial charge < -0.3 is 10.2 Å². The van der Waals surface area contributed by atoms with Crippen molar-refractivity contribution in [1.29, 1.82) is 0 Å². The highest BCUT2D eigenvalue weighted by Gasteiger charge is 2.44. The van der Waals surface area contributed by atoms with Crippen LogP contribution in [0.3, 0.4) is 0 Å². The molecular weight excluding hydrogens is 345 g/mol. The monoisotopic (exact) mass is 371 g/mol. The first-order chi connectivity index (χ1) is 11.8. The van der Waals surface area contributed by atoms with E-state index < -0.39 is 21.4 Å². The molecule has 0 aromatic heterocycles. The molecule has 0 radical (unpaired) electrons. The summed E-state index contributed by atoms with van der Waals surface area (Å²) in [7, 11) is -0.527. The lowest BCUT2D eigenvalue weighted by Gasteiger charge is -2.39. The molecule has 1 aliphatic carbocycles. The maximum Gasteiger partial charge on any atom is 0.243 e. The van der Waals surface area contributed by atoms with Crippen LogP contribution >= 0.6 is 0 Å². The van der Waals surface area contributed by atoms with Gasteiger partial charge in [-0.05, 0) is 38.1 Å². The van der Waals surface area contributed by atoms with Gasteiger partial charge in [-0.2, -0.15) is 4.72 Å². The Morgan fingerprint density at radius 1 is 1.28 bits per heavy atom. The van der Waals surface area contributed by atoms with E-state index in [9.17, 15) is 17.6 Å². The Hall–Kier alpha value is -1.51. The SMILES string of the molecule is CNCCN(C)C(=O)C1(NS(=O)(=O)c2cccc(F)c2)CCCCC1. The third-order valence-corrected chi connectivity index (χ3v) is 6.13. The molecule has 1 saturated carbocycles. The van der Waals surface area contributed by atoms with E-state index in [2.05, 4.69) is 10.0 Å². The van der Waals surface area contributed by atoms with E-state index in [1.165, 1.54) is 18.2 Å². The molecule has 6 nitrogen and oxygen atoms in total. The minimum Gasteiger partial charge on any atom is -0.343 e. The molecule has 8 heteroatoms. The molecule has 1 amide bonds. The summed E-state index contributed by atoms with van der Waals surface area (Å²) >= 11 is 0. The lowest BCUT2D eigenvalue weighted by Crippen LogP contribution is -2.60. The van der Waals surface area contributed by atoms with E-state index in [1.807, 2.05) is 0 Å². The van der Waals surface area contributed by atoms with Crippen LogP contribution in [0.1, 0.15) is 32.1 Å². The topological polar surface area (TPSA) is 78.5 Å². The van der Waals surface area contributed by atoms with Gasteiger partial charge in [0.1, 0.15) is 11.4 Å². The fourth-order valence-corrected chi connectivity index (χ4v) is 4.66. The van der Waals surface area contributed by atoms with Crippen molar-refractivity contribution in [2.24, 2.45) is 0 Å². The predicted molar refractivity (Wildman–Crippen MR) is 94.1 cm³/mol. The third-order valence-electron chi connectivity index (χ3n) is 4.60. The average Bonchev–Trinajstić information content (AvgIpc) is 2.59. The van der Waals surface area contributed by atoms with Gasteiger partial charge in [0.25, 0.3) is 0 Å². The first kappa shape index (κ1) is 19.8. The van der Waals surface area contributed by atoms with Crippen molar-refractivity contribution >= 4 is 15.9 Å². The maximum absolute atomic E-state index is 13.4. The van der Waals surface area contributed by atoms with Gasteiger partial charge >= 0.3 is 0 Å². The van der Waals surface area contributed by atoms with Gasteiger partial charge in [-0.15, -0.1) is 0 Å². The lowest BCUT2D eigenvalue weighted by molar-refractivity contribution is -0.137. The van der Waals surface area contributed by atoms with Crippen molar-refractivity contribution in [3.05, 3.63) is 30.1 Å². The molecule has 1 aliphatic rings. The zero-order chi connectivity index (χ0) is 18.5. The molecule has 140 valence electrons. The molecular formula is C17H26FN3O3S. The molecule has 0 heterocycles. The summed E-state index contributed by atoms with van der Waals surface area (Å²) in [5.74, 6) is -0.861. The zero-order valence-corrected chi connectivity index (χ0v) is 15.5. The summed E-state index contributed by atoms with van der Waals surface area (Å²) in [5.41, 5.74) is -1.16. The number of carbonyl (C=O) groups is 1. The molecule has 2 rings (SSSR count). The number of nitrogens with zero attached hydrogens (tertiary/aromatic N) is 1. The standard InChI is InChI=1S/C17H26FN3O3S/c1-19-11-12-21(2)16(22)17(9-4-3-5-10-17)20-25(23,24)15-8-6-7-14(18)13-15/h6-8,13,19-20H,3-5,9-12H2,1-2H3. The van der Waals surface area contributed by atoms with E-state index in [-0.39, 0.29) is 10.8 Å². The molecule has 1 fully saturated rings. The van der Waals surface area contributed by atoms with Crippen LogP contribution in [0.5, 0.6) is 0 Å². The van der Waals surface area contributed by atoms with Gasteiger partial charge in [0.15, 0.2) is 0 Å². The Bertz CT molecular complexity index is 703. The molecule has 0 saturated heterocycles. The quantitative estimate of drug-likeness (QED) is 0.761. The largest absolute Gasteiger partial charge is 0.343 e. The Morgan fingerprint density at radius 2 is 1.96 bits per heavy atom. The lowest BCUT2D eigenvalue weighted by atomic mass is 9.81. The van der Waals surface area contributed by atoms with Gasteiger partial charge in [-0.25, -0.2) is 12.8 Å². The molecule has 0 spiro atoms. The Labute approximate surface area is 148 Å². The van der Waals surface area contributed by atoms with Crippen molar-refractivity contribution in [1.82, 2.24) is 14.9 Å². The molecule has 1 aromatic carbocycles. The van der Waals surface area contributed by atoms with Crippen LogP contribution in [0.25, 0.3) is 0 Å². The second kappa shape index (κ2) is 8.25. The normalized spacial score (nSPS) is 17.2. The predicted octanol–water partition coefficient (Wildman–Crippen LogP) is 1.48. The number of likely N-dealkylation sites (N-methyl/N-ethyl adjacent to an activating group) is 2. The van der Waals surface area contributed by atoms with E-state index in [4.69, 9.17) is 0 Å². The van der Waals surface area contributed by atoms with Gasteiger partial charge in [-0.3, -0.25) is 4.79 Å². The van der Waals surface area contributed by atoms with Crippen LogP contribution in [0, 0.1) is 5.82 Å². The summed E-state index contributed by atoms with van der Waals surface area (Å²) in [6, 6.07) is 4.83. The summed E-state index contributed by atoms with van der Waals surface area (Å²) in [6.07, 6.45) is 3.42. The van der Waals surface area contributed by atoms with E-state index in [1.54, 1.807) is 19.0 Å². The minimum absolute atomic E-state index is 0.164. The number of benzene rings is 1. The first-order valence-electron chi connectivity index (χ1n) is 8.50. The Kier molecular flexibility index (Phi) is 6.53. The molecule has 0 bridgehead atoms. The van der Waals surface area contributed by atoms with Crippen LogP contribution in [0.2, 0.25) is 0 Å². The van der Waals surface area contributed by atoms with Crippen molar-refractivity contribution in [3.8, 4) is 0 Å². The summed E-state index contributed by atoms with van der Waals surface area (Å²) in [6.45, 7) is 1.10. The van der Waals surface area contributed by atoms with E-state index in [0.717, 1.165) is 25.3 Å². The van der Waals surface area contributed by atoms with Crippen LogP contribution in [0.15, 0.2) is 29.2 Å². The van der Waals surface area contributed by atoms with E-state index in [0.29, 0.717) is 25.9 Å². The molecule has 0 unspecified atom stereocenters. The van der Waals surface area contributed by atoms with Crippen molar-refractivity contribution < 1.29 is 17.6 Å². The van der Waals surface area contributed by atoms with Crippen molar-refractivity contribution in [3.63, 3.8) is 0 Å². The second-order valence-electron chi connectivity index (χ2n) is 6.54. The smallest absolute Gasteiger partial charge is 0.243 e.